The molecule has 0 amide bonds. The Labute approximate surface area is 122 Å². The van der Waals surface area contributed by atoms with Gasteiger partial charge in [0, 0.05) is 0 Å². The summed E-state index contributed by atoms with van der Waals surface area (Å²) in [6.07, 6.45) is 0. The summed E-state index contributed by atoms with van der Waals surface area (Å²) in [5.74, 6) is 0.0338. The van der Waals surface area contributed by atoms with E-state index in [1.807, 2.05) is 0 Å². The molecule has 0 bridgehead atoms. The Morgan fingerprint density at radius 2 is 2.00 bits per heavy atom. The second-order valence-electron chi connectivity index (χ2n) is 4.14. The molecule has 0 aliphatic carbocycles. The van der Waals surface area contributed by atoms with Crippen LogP contribution in [0.2, 0.25) is 5.02 Å². The van der Waals surface area contributed by atoms with Gasteiger partial charge in [-0.2, -0.15) is 0 Å². The number of phenols is 1. The topological polar surface area (TPSA) is 80.4 Å². The molecule has 20 heavy (non-hydrogen) atoms. The standard InChI is InChI=1S/C13H6ClNO4Se/c14-8-3-4-9(15(18)19)13-11(8)12(17)7-2-1-6(16)5-10(7)20-13/h1-5,16H. The van der Waals surface area contributed by atoms with Gasteiger partial charge in [-0.05, 0) is 0 Å². The molecular weight excluding hydrogens is 349 g/mol. The van der Waals surface area contributed by atoms with Gasteiger partial charge in [-0.25, -0.2) is 0 Å². The van der Waals surface area contributed by atoms with Crippen molar-refractivity contribution in [3.8, 4) is 5.75 Å². The molecule has 0 radical (unpaired) electrons. The van der Waals surface area contributed by atoms with Gasteiger partial charge in [-0.3, -0.25) is 0 Å². The van der Waals surface area contributed by atoms with Gasteiger partial charge in [0.25, 0.3) is 0 Å². The number of non-ortho nitro benzene ring substituents is 1. The summed E-state index contributed by atoms with van der Waals surface area (Å²) < 4.78 is 0.985. The number of rotatable bonds is 1. The number of fused-ring (bicyclic) bond motifs is 2. The van der Waals surface area contributed by atoms with Crippen molar-refractivity contribution in [3.63, 3.8) is 0 Å². The number of nitro benzene ring substituents is 1. The SMILES string of the molecule is O=c1c2ccc(O)cc2[se]c2c([N+](=O)[O-])ccc(Cl)c12. The zero-order valence-corrected chi connectivity index (χ0v) is 12.3. The van der Waals surface area contributed by atoms with Crippen LogP contribution in [0.4, 0.5) is 5.69 Å². The Kier molecular flexibility index (Phi) is 3.01. The fraction of sp³-hybridized carbons (Fsp3) is 0. The summed E-state index contributed by atoms with van der Waals surface area (Å²) >= 11 is 5.57. The second-order valence-corrected chi connectivity index (χ2v) is 6.75. The summed E-state index contributed by atoms with van der Waals surface area (Å²) in [6, 6.07) is 7.10. The van der Waals surface area contributed by atoms with E-state index in [-0.39, 0.29) is 27.3 Å². The minimum atomic E-state index is -0.516. The van der Waals surface area contributed by atoms with E-state index < -0.39 is 19.4 Å². The fourth-order valence-electron chi connectivity index (χ4n) is 2.03. The zero-order valence-electron chi connectivity index (χ0n) is 9.79. The Balaban J connectivity index is 2.62. The van der Waals surface area contributed by atoms with E-state index in [1.54, 1.807) is 0 Å². The average Bonchev–Trinajstić information content (AvgIpc) is 2.38. The maximum atomic E-state index is 12.4. The Bertz CT molecular complexity index is 935. The van der Waals surface area contributed by atoms with Crippen LogP contribution < -0.4 is 5.43 Å². The number of benzene rings is 2. The van der Waals surface area contributed by atoms with E-state index in [4.69, 9.17) is 11.6 Å². The normalized spacial score (nSPS) is 11.1. The molecule has 0 aliphatic heterocycles. The molecule has 0 saturated heterocycles. The maximum absolute atomic E-state index is 12.4. The van der Waals surface area contributed by atoms with Crippen LogP contribution in [0.15, 0.2) is 35.1 Å². The second kappa shape index (κ2) is 4.59. The van der Waals surface area contributed by atoms with E-state index >= 15 is 0 Å². The van der Waals surface area contributed by atoms with Gasteiger partial charge in [-0.1, -0.05) is 0 Å². The number of nitrogens with zero attached hydrogens (tertiary/aromatic N) is 1. The van der Waals surface area contributed by atoms with Crippen LogP contribution in [0.25, 0.3) is 19.3 Å². The van der Waals surface area contributed by atoms with E-state index in [9.17, 15) is 20.0 Å². The van der Waals surface area contributed by atoms with Crippen molar-refractivity contribution in [1.29, 1.82) is 0 Å². The van der Waals surface area contributed by atoms with Crippen LogP contribution in [0.3, 0.4) is 0 Å². The van der Waals surface area contributed by atoms with Gasteiger partial charge in [0.1, 0.15) is 0 Å². The van der Waals surface area contributed by atoms with Crippen LogP contribution in [0.5, 0.6) is 5.75 Å². The van der Waals surface area contributed by atoms with Crippen molar-refractivity contribution < 1.29 is 10.0 Å². The molecule has 0 saturated carbocycles. The predicted molar refractivity (Wildman–Crippen MR) is 78.0 cm³/mol. The Hall–Kier alpha value is -1.88. The minimum absolute atomic E-state index is 0.0338. The quantitative estimate of drug-likeness (QED) is 0.315. The van der Waals surface area contributed by atoms with Crippen molar-refractivity contribution in [3.05, 3.63) is 55.7 Å². The number of hydrogen-bond acceptors (Lipinski definition) is 4. The molecule has 100 valence electrons. The summed E-state index contributed by atoms with van der Waals surface area (Å²) in [6.45, 7) is 0. The summed E-state index contributed by atoms with van der Waals surface area (Å²) in [5, 5.41) is 21.4. The Morgan fingerprint density at radius 1 is 1.25 bits per heavy atom. The van der Waals surface area contributed by atoms with Crippen molar-refractivity contribution >= 4 is 51.1 Å². The number of hydrogen-bond donors (Lipinski definition) is 1. The first kappa shape index (κ1) is 13.1. The number of phenolic OH excluding ortho intramolecular Hbond substituents is 1. The molecule has 1 aromatic heterocycles. The van der Waals surface area contributed by atoms with Gasteiger partial charge in [0.2, 0.25) is 0 Å². The van der Waals surface area contributed by atoms with Gasteiger partial charge in [0.15, 0.2) is 0 Å². The first-order valence-electron chi connectivity index (χ1n) is 5.51. The van der Waals surface area contributed by atoms with E-state index in [2.05, 4.69) is 0 Å². The molecule has 0 aliphatic rings. The van der Waals surface area contributed by atoms with E-state index in [0.717, 1.165) is 0 Å². The molecule has 3 aromatic rings. The number of nitro groups is 1. The molecule has 7 heteroatoms. The summed E-state index contributed by atoms with van der Waals surface area (Å²) in [5.41, 5.74) is -0.441. The third-order valence-electron chi connectivity index (χ3n) is 2.93. The first-order valence-corrected chi connectivity index (χ1v) is 7.60. The molecule has 0 spiro atoms. The molecule has 0 fully saturated rings. The summed E-state index contributed by atoms with van der Waals surface area (Å²) in [7, 11) is 0. The number of aromatic hydroxyl groups is 1. The van der Waals surface area contributed by atoms with Crippen LogP contribution >= 0.6 is 11.6 Å². The molecule has 3 rings (SSSR count). The predicted octanol–water partition coefficient (Wildman–Crippen LogP) is 2.68. The van der Waals surface area contributed by atoms with Crippen LogP contribution in [0.1, 0.15) is 0 Å². The van der Waals surface area contributed by atoms with Crippen LogP contribution in [-0.4, -0.2) is 24.5 Å². The van der Waals surface area contributed by atoms with E-state index in [0.29, 0.717) is 13.9 Å². The van der Waals surface area contributed by atoms with Gasteiger partial charge in [-0.15, -0.1) is 0 Å². The van der Waals surface area contributed by atoms with Crippen molar-refractivity contribution in [2.75, 3.05) is 0 Å². The van der Waals surface area contributed by atoms with Crippen LogP contribution in [-0.2, 0) is 0 Å². The Morgan fingerprint density at radius 3 is 2.70 bits per heavy atom. The monoisotopic (exact) mass is 355 g/mol. The van der Waals surface area contributed by atoms with Crippen LogP contribution in [0, 0.1) is 10.1 Å². The van der Waals surface area contributed by atoms with E-state index in [1.165, 1.54) is 30.3 Å². The molecule has 0 atom stereocenters. The molecule has 5 nitrogen and oxygen atoms in total. The van der Waals surface area contributed by atoms with Crippen molar-refractivity contribution in [2.24, 2.45) is 0 Å². The first-order chi connectivity index (χ1) is 9.49. The molecule has 2 aromatic carbocycles. The third kappa shape index (κ3) is 1.89. The van der Waals surface area contributed by atoms with Gasteiger partial charge < -0.3 is 0 Å². The number of halogens is 1. The van der Waals surface area contributed by atoms with Gasteiger partial charge in [0.05, 0.1) is 0 Å². The van der Waals surface area contributed by atoms with Crippen molar-refractivity contribution in [2.45, 2.75) is 0 Å². The third-order valence-corrected chi connectivity index (χ3v) is 5.71. The zero-order chi connectivity index (χ0) is 14.4. The van der Waals surface area contributed by atoms with Crippen molar-refractivity contribution in [1.82, 2.24) is 0 Å². The molecule has 1 N–H and O–H groups in total. The molecular formula is C13H6ClNO4Se. The average molecular weight is 355 g/mol. The molecule has 1 heterocycles. The summed E-state index contributed by atoms with van der Waals surface area (Å²) in [4.78, 5) is 23.0. The molecule has 0 unspecified atom stereocenters. The van der Waals surface area contributed by atoms with Gasteiger partial charge >= 0.3 is 123 Å². The fourth-order valence-corrected chi connectivity index (χ4v) is 4.97.